The van der Waals surface area contributed by atoms with Crippen LogP contribution in [0.5, 0.6) is 0 Å². The second kappa shape index (κ2) is 7.95. The second-order valence-corrected chi connectivity index (χ2v) is 8.55. The Labute approximate surface area is 151 Å². The summed E-state index contributed by atoms with van der Waals surface area (Å²) in [6.45, 7) is 5.31. The number of aliphatic carboxylic acids is 1. The van der Waals surface area contributed by atoms with E-state index in [0.717, 1.165) is 21.4 Å². The standard InChI is InChI=1S/C18H20O5S2/c1-12-4-7-16(8-5-12)25(21,22)23-14(3)11-15-6-9-17(24-15)13(2)10-18(19)20/h4-10,14H,11H2,1-3H3,(H,19,20)/b13-10+/t14-/m1/s1. The molecule has 2 aromatic rings. The van der Waals surface area contributed by atoms with Crippen LogP contribution < -0.4 is 0 Å². The van der Waals surface area contributed by atoms with E-state index >= 15 is 0 Å². The van der Waals surface area contributed by atoms with Crippen LogP contribution in [0.2, 0.25) is 0 Å². The van der Waals surface area contributed by atoms with Crippen LogP contribution in [0.3, 0.4) is 0 Å². The smallest absolute Gasteiger partial charge is 0.328 e. The monoisotopic (exact) mass is 380 g/mol. The molecule has 0 aliphatic rings. The molecule has 0 saturated heterocycles. The van der Waals surface area contributed by atoms with Gasteiger partial charge in [-0.1, -0.05) is 17.7 Å². The van der Waals surface area contributed by atoms with Gasteiger partial charge in [0.25, 0.3) is 10.1 Å². The van der Waals surface area contributed by atoms with Crippen LogP contribution in [0.1, 0.15) is 29.2 Å². The number of allylic oxidation sites excluding steroid dienone is 1. The van der Waals surface area contributed by atoms with Crippen molar-refractivity contribution in [3.05, 3.63) is 57.8 Å². The van der Waals surface area contributed by atoms with Crippen molar-refractivity contribution in [1.29, 1.82) is 0 Å². The Balaban J connectivity index is 2.05. The number of carboxylic acid groups (broad SMARTS) is 1. The van der Waals surface area contributed by atoms with Gasteiger partial charge in [0.15, 0.2) is 0 Å². The molecule has 25 heavy (non-hydrogen) atoms. The van der Waals surface area contributed by atoms with E-state index in [1.807, 2.05) is 19.1 Å². The van der Waals surface area contributed by atoms with Gasteiger partial charge >= 0.3 is 5.97 Å². The van der Waals surface area contributed by atoms with Crippen molar-refractivity contribution >= 4 is 33.0 Å². The number of benzene rings is 1. The van der Waals surface area contributed by atoms with Crippen molar-refractivity contribution < 1.29 is 22.5 Å². The summed E-state index contributed by atoms with van der Waals surface area (Å²) in [6.07, 6.45) is 1.05. The predicted molar refractivity (Wildman–Crippen MR) is 98.2 cm³/mol. The molecule has 5 nitrogen and oxygen atoms in total. The molecule has 1 aromatic heterocycles. The minimum Gasteiger partial charge on any atom is -0.478 e. The highest BCUT2D eigenvalue weighted by molar-refractivity contribution is 7.86. The Bertz CT molecular complexity index is 876. The fraction of sp³-hybridized carbons (Fsp3) is 0.278. The number of hydrogen-bond acceptors (Lipinski definition) is 5. The zero-order valence-corrected chi connectivity index (χ0v) is 15.9. The van der Waals surface area contributed by atoms with Crippen molar-refractivity contribution in [1.82, 2.24) is 0 Å². The minimum absolute atomic E-state index is 0.136. The first-order valence-electron chi connectivity index (χ1n) is 7.67. The van der Waals surface area contributed by atoms with Crippen LogP contribution in [-0.4, -0.2) is 25.6 Å². The Hall–Kier alpha value is -1.96. The summed E-state index contributed by atoms with van der Waals surface area (Å²) in [5.74, 6) is -0.992. The molecule has 0 fully saturated rings. The van der Waals surface area contributed by atoms with Gasteiger partial charge in [-0.25, -0.2) is 4.79 Å². The van der Waals surface area contributed by atoms with Crippen molar-refractivity contribution in [2.45, 2.75) is 38.2 Å². The second-order valence-electron chi connectivity index (χ2n) is 5.81. The molecule has 0 spiro atoms. The van der Waals surface area contributed by atoms with Crippen LogP contribution in [0, 0.1) is 6.92 Å². The van der Waals surface area contributed by atoms with E-state index in [0.29, 0.717) is 12.0 Å². The highest BCUT2D eigenvalue weighted by Crippen LogP contribution is 2.26. The fourth-order valence-corrected chi connectivity index (χ4v) is 4.42. The van der Waals surface area contributed by atoms with E-state index in [4.69, 9.17) is 9.29 Å². The Morgan fingerprint density at radius 3 is 2.48 bits per heavy atom. The van der Waals surface area contributed by atoms with Gasteiger partial charge in [-0.05, 0) is 50.6 Å². The maximum atomic E-state index is 12.3. The Morgan fingerprint density at radius 2 is 1.88 bits per heavy atom. The lowest BCUT2D eigenvalue weighted by atomic mass is 10.2. The maximum absolute atomic E-state index is 12.3. The molecule has 0 amide bonds. The van der Waals surface area contributed by atoms with E-state index in [-0.39, 0.29) is 4.90 Å². The first-order valence-corrected chi connectivity index (χ1v) is 9.90. The highest BCUT2D eigenvalue weighted by Gasteiger charge is 2.19. The fourth-order valence-electron chi connectivity index (χ4n) is 2.25. The third kappa shape index (κ3) is 5.52. The number of thiophene rings is 1. The van der Waals surface area contributed by atoms with Crippen molar-refractivity contribution in [3.8, 4) is 0 Å². The summed E-state index contributed by atoms with van der Waals surface area (Å²) in [4.78, 5) is 12.6. The van der Waals surface area contributed by atoms with Crippen molar-refractivity contribution in [3.63, 3.8) is 0 Å². The van der Waals surface area contributed by atoms with Crippen LogP contribution in [-0.2, 0) is 25.5 Å². The summed E-state index contributed by atoms with van der Waals surface area (Å²) in [5.41, 5.74) is 1.63. The third-order valence-corrected chi connectivity index (χ3v) is 6.15. The van der Waals surface area contributed by atoms with E-state index in [1.54, 1.807) is 26.0 Å². The molecule has 1 N–H and O–H groups in total. The number of aryl methyl sites for hydroxylation is 1. The van der Waals surface area contributed by atoms with E-state index in [1.165, 1.54) is 23.5 Å². The number of hydrogen-bond donors (Lipinski definition) is 1. The molecule has 0 saturated carbocycles. The molecule has 0 aliphatic carbocycles. The number of rotatable bonds is 7. The van der Waals surface area contributed by atoms with Gasteiger partial charge in [0.05, 0.1) is 11.0 Å². The summed E-state index contributed by atoms with van der Waals surface area (Å²) in [5, 5.41) is 8.79. The lowest BCUT2D eigenvalue weighted by molar-refractivity contribution is -0.131. The van der Waals surface area contributed by atoms with Crippen LogP contribution >= 0.6 is 11.3 Å². The Morgan fingerprint density at radius 1 is 1.24 bits per heavy atom. The van der Waals surface area contributed by atoms with Gasteiger partial charge in [-0.2, -0.15) is 8.42 Å². The molecule has 1 heterocycles. The summed E-state index contributed by atoms with van der Waals surface area (Å²) in [7, 11) is -3.81. The van der Waals surface area contributed by atoms with Crippen LogP contribution in [0.15, 0.2) is 47.4 Å². The zero-order chi connectivity index (χ0) is 18.6. The van der Waals surface area contributed by atoms with Gasteiger partial charge in [0.1, 0.15) is 0 Å². The van der Waals surface area contributed by atoms with Crippen LogP contribution in [0.25, 0.3) is 5.57 Å². The lowest BCUT2D eigenvalue weighted by Gasteiger charge is -2.12. The molecular weight excluding hydrogens is 360 g/mol. The lowest BCUT2D eigenvalue weighted by Crippen LogP contribution is -2.17. The summed E-state index contributed by atoms with van der Waals surface area (Å²) >= 11 is 1.43. The van der Waals surface area contributed by atoms with Gasteiger partial charge in [-0.15, -0.1) is 11.3 Å². The average Bonchev–Trinajstić information content (AvgIpc) is 2.94. The number of carbonyl (C=O) groups is 1. The maximum Gasteiger partial charge on any atom is 0.328 e. The minimum atomic E-state index is -3.81. The first kappa shape index (κ1) is 19.4. The molecule has 0 aliphatic heterocycles. The summed E-state index contributed by atoms with van der Waals surface area (Å²) < 4.78 is 29.8. The molecule has 2 rings (SSSR count). The zero-order valence-electron chi connectivity index (χ0n) is 14.2. The van der Waals surface area contributed by atoms with Crippen LogP contribution in [0.4, 0.5) is 0 Å². The Kier molecular flexibility index (Phi) is 6.16. The third-order valence-electron chi connectivity index (χ3n) is 3.48. The largest absolute Gasteiger partial charge is 0.478 e. The predicted octanol–water partition coefficient (Wildman–Crippen LogP) is 3.88. The molecule has 0 unspecified atom stereocenters. The average molecular weight is 380 g/mol. The normalized spacial score (nSPS) is 13.6. The van der Waals surface area contributed by atoms with Gasteiger partial charge < -0.3 is 5.11 Å². The molecule has 1 aromatic carbocycles. The van der Waals surface area contributed by atoms with E-state index < -0.39 is 22.2 Å². The highest BCUT2D eigenvalue weighted by atomic mass is 32.2. The quantitative estimate of drug-likeness (QED) is 0.582. The van der Waals surface area contributed by atoms with E-state index in [9.17, 15) is 13.2 Å². The van der Waals surface area contributed by atoms with Gasteiger partial charge in [-0.3, -0.25) is 4.18 Å². The number of carboxylic acids is 1. The molecule has 7 heteroatoms. The van der Waals surface area contributed by atoms with Gasteiger partial charge in [0, 0.05) is 22.3 Å². The topological polar surface area (TPSA) is 80.7 Å². The van der Waals surface area contributed by atoms with Gasteiger partial charge in [0.2, 0.25) is 0 Å². The molecular formula is C18H20O5S2. The SMILES string of the molecule is C/C(=C\C(=O)O)c1ccc(C[C@@H](C)OS(=O)(=O)c2ccc(C)cc2)s1. The van der Waals surface area contributed by atoms with E-state index in [2.05, 4.69) is 0 Å². The molecule has 0 bridgehead atoms. The van der Waals surface area contributed by atoms with Crippen molar-refractivity contribution in [2.75, 3.05) is 0 Å². The van der Waals surface area contributed by atoms with Crippen molar-refractivity contribution in [2.24, 2.45) is 0 Å². The molecule has 0 radical (unpaired) electrons. The first-order chi connectivity index (χ1) is 11.7. The summed E-state index contributed by atoms with van der Waals surface area (Å²) in [6, 6.07) is 10.2. The molecule has 1 atom stereocenters. The molecule has 134 valence electrons.